The lowest BCUT2D eigenvalue weighted by atomic mass is 10.0. The quantitative estimate of drug-likeness (QED) is 0.786. The highest BCUT2D eigenvalue weighted by molar-refractivity contribution is 5.95. The molecule has 2 unspecified atom stereocenters. The van der Waals surface area contributed by atoms with Gasteiger partial charge in [0.1, 0.15) is 6.61 Å². The molecule has 1 fully saturated rings. The van der Waals surface area contributed by atoms with Crippen LogP contribution in [0.15, 0.2) is 24.3 Å². The molecule has 2 N–H and O–H groups in total. The average Bonchev–Trinajstić information content (AvgIpc) is 2.85. The Bertz CT molecular complexity index is 544. The highest BCUT2D eigenvalue weighted by Gasteiger charge is 2.34. The molecule has 106 valence electrons. The lowest BCUT2D eigenvalue weighted by molar-refractivity contribution is 0.0648. The fraction of sp³-hybridized carbons (Fsp3) is 0.438. The zero-order chi connectivity index (χ0) is 14.5. The van der Waals surface area contributed by atoms with E-state index in [0.717, 1.165) is 6.42 Å². The van der Waals surface area contributed by atoms with E-state index in [1.165, 1.54) is 0 Å². The first-order valence-electron chi connectivity index (χ1n) is 6.79. The molecule has 1 saturated heterocycles. The summed E-state index contributed by atoms with van der Waals surface area (Å²) in [4.78, 5) is 14.2. The summed E-state index contributed by atoms with van der Waals surface area (Å²) in [6.07, 6.45) is 0.918. The fourth-order valence-corrected chi connectivity index (χ4v) is 2.58. The van der Waals surface area contributed by atoms with Crippen molar-refractivity contribution in [3.05, 3.63) is 35.4 Å². The van der Waals surface area contributed by atoms with E-state index < -0.39 is 0 Å². The van der Waals surface area contributed by atoms with Crippen LogP contribution in [-0.2, 0) is 0 Å². The summed E-state index contributed by atoms with van der Waals surface area (Å²) in [5, 5.41) is 18.1. The fourth-order valence-electron chi connectivity index (χ4n) is 2.58. The van der Waals surface area contributed by atoms with Gasteiger partial charge in [-0.2, -0.15) is 0 Å². The van der Waals surface area contributed by atoms with Gasteiger partial charge in [-0.25, -0.2) is 0 Å². The van der Waals surface area contributed by atoms with Crippen molar-refractivity contribution in [2.24, 2.45) is 5.92 Å². The predicted molar refractivity (Wildman–Crippen MR) is 76.1 cm³/mol. The van der Waals surface area contributed by atoms with Gasteiger partial charge in [0.05, 0.1) is 12.6 Å². The third-order valence-corrected chi connectivity index (χ3v) is 3.75. The number of carbonyl (C=O) groups excluding carboxylic acids is 1. The van der Waals surface area contributed by atoms with Crippen LogP contribution in [0.5, 0.6) is 0 Å². The molecule has 0 bridgehead atoms. The molecule has 0 saturated carbocycles. The Labute approximate surface area is 119 Å². The van der Waals surface area contributed by atoms with Crippen molar-refractivity contribution in [1.82, 2.24) is 4.90 Å². The molecule has 1 heterocycles. The highest BCUT2D eigenvalue weighted by atomic mass is 16.3. The second-order valence-corrected chi connectivity index (χ2v) is 5.06. The van der Waals surface area contributed by atoms with Crippen molar-refractivity contribution >= 4 is 5.91 Å². The number of aliphatic hydroxyl groups excluding tert-OH is 2. The molecule has 2 atom stereocenters. The van der Waals surface area contributed by atoms with E-state index in [4.69, 9.17) is 5.11 Å². The summed E-state index contributed by atoms with van der Waals surface area (Å²) in [5.74, 6) is 5.61. The molecule has 0 aliphatic carbocycles. The summed E-state index contributed by atoms with van der Waals surface area (Å²) in [7, 11) is 0. The third kappa shape index (κ3) is 3.01. The van der Waals surface area contributed by atoms with Crippen LogP contribution in [0, 0.1) is 17.8 Å². The van der Waals surface area contributed by atoms with E-state index in [1.54, 1.807) is 29.2 Å². The number of rotatable bonds is 2. The summed E-state index contributed by atoms with van der Waals surface area (Å²) in [6, 6.07) is 6.96. The molecule has 1 aromatic rings. The van der Waals surface area contributed by atoms with Crippen LogP contribution in [0.1, 0.15) is 29.3 Å². The Morgan fingerprint density at radius 2 is 2.25 bits per heavy atom. The molecule has 0 aromatic heterocycles. The van der Waals surface area contributed by atoms with Crippen LogP contribution in [0.4, 0.5) is 0 Å². The largest absolute Gasteiger partial charge is 0.394 e. The van der Waals surface area contributed by atoms with E-state index in [0.29, 0.717) is 23.6 Å². The topological polar surface area (TPSA) is 60.8 Å². The number of carbonyl (C=O) groups is 1. The van der Waals surface area contributed by atoms with E-state index >= 15 is 0 Å². The first-order chi connectivity index (χ1) is 9.67. The average molecular weight is 273 g/mol. The molecule has 0 spiro atoms. The molecule has 0 radical (unpaired) electrons. The van der Waals surface area contributed by atoms with Gasteiger partial charge < -0.3 is 15.1 Å². The van der Waals surface area contributed by atoms with Gasteiger partial charge in [-0.1, -0.05) is 24.8 Å². The van der Waals surface area contributed by atoms with Gasteiger partial charge in [-0.15, -0.1) is 0 Å². The van der Waals surface area contributed by atoms with Gasteiger partial charge in [0, 0.05) is 17.7 Å². The number of benzene rings is 1. The van der Waals surface area contributed by atoms with Gasteiger partial charge in [0.25, 0.3) is 5.91 Å². The maximum Gasteiger partial charge on any atom is 0.254 e. The molecular formula is C16H19NO3. The van der Waals surface area contributed by atoms with E-state index in [2.05, 4.69) is 18.8 Å². The number of nitrogens with zero attached hydrogens (tertiary/aromatic N) is 1. The number of aliphatic hydroxyl groups is 2. The first-order valence-corrected chi connectivity index (χ1v) is 6.79. The Balaban J connectivity index is 2.21. The molecule has 1 aromatic carbocycles. The summed E-state index contributed by atoms with van der Waals surface area (Å²) in [6.45, 7) is 2.53. The van der Waals surface area contributed by atoms with E-state index in [9.17, 15) is 9.90 Å². The molecule has 4 nitrogen and oxygen atoms in total. The van der Waals surface area contributed by atoms with Crippen LogP contribution in [0.2, 0.25) is 0 Å². The normalized spacial score (nSPS) is 21.4. The van der Waals surface area contributed by atoms with Crippen molar-refractivity contribution in [1.29, 1.82) is 0 Å². The molecular weight excluding hydrogens is 254 g/mol. The van der Waals surface area contributed by atoms with Gasteiger partial charge in [0.15, 0.2) is 0 Å². The number of likely N-dealkylation sites (tertiary alicyclic amines) is 1. The highest BCUT2D eigenvalue weighted by Crippen LogP contribution is 2.25. The monoisotopic (exact) mass is 273 g/mol. The molecule has 1 amide bonds. The minimum Gasteiger partial charge on any atom is -0.394 e. The van der Waals surface area contributed by atoms with Crippen molar-refractivity contribution in [2.75, 3.05) is 19.8 Å². The van der Waals surface area contributed by atoms with Crippen molar-refractivity contribution in [3.8, 4) is 11.8 Å². The zero-order valence-electron chi connectivity index (χ0n) is 11.5. The molecule has 2 rings (SSSR count). The van der Waals surface area contributed by atoms with Gasteiger partial charge in [-0.05, 0) is 30.5 Å². The molecule has 4 heteroatoms. The van der Waals surface area contributed by atoms with E-state index in [1.807, 2.05) is 0 Å². The molecule has 20 heavy (non-hydrogen) atoms. The second kappa shape index (κ2) is 6.56. The van der Waals surface area contributed by atoms with E-state index in [-0.39, 0.29) is 25.2 Å². The van der Waals surface area contributed by atoms with Crippen LogP contribution in [-0.4, -0.2) is 46.8 Å². The van der Waals surface area contributed by atoms with Crippen LogP contribution < -0.4 is 0 Å². The van der Waals surface area contributed by atoms with Crippen molar-refractivity contribution in [2.45, 2.75) is 19.4 Å². The lowest BCUT2D eigenvalue weighted by Gasteiger charge is -2.25. The molecule has 1 aliphatic heterocycles. The SMILES string of the molecule is CC1CCN(C(=O)c2cccc(C#CCO)c2)C1CO. The zero-order valence-corrected chi connectivity index (χ0v) is 11.5. The Morgan fingerprint density at radius 1 is 1.45 bits per heavy atom. The summed E-state index contributed by atoms with van der Waals surface area (Å²) < 4.78 is 0. The Hall–Kier alpha value is -1.83. The number of amides is 1. The second-order valence-electron chi connectivity index (χ2n) is 5.06. The van der Waals surface area contributed by atoms with Gasteiger partial charge >= 0.3 is 0 Å². The van der Waals surface area contributed by atoms with Gasteiger partial charge in [-0.3, -0.25) is 4.79 Å². The summed E-state index contributed by atoms with van der Waals surface area (Å²) >= 11 is 0. The maximum absolute atomic E-state index is 12.5. The Kier molecular flexibility index (Phi) is 4.78. The van der Waals surface area contributed by atoms with Crippen LogP contribution in [0.3, 0.4) is 0 Å². The van der Waals surface area contributed by atoms with Gasteiger partial charge in [0.2, 0.25) is 0 Å². The number of hydrogen-bond donors (Lipinski definition) is 2. The predicted octanol–water partition coefficient (Wildman–Crippen LogP) is 0.873. The minimum absolute atomic E-state index is 0.00306. The number of hydrogen-bond acceptors (Lipinski definition) is 3. The van der Waals surface area contributed by atoms with Crippen LogP contribution in [0.25, 0.3) is 0 Å². The standard InChI is InChI=1S/C16H19NO3/c1-12-7-8-17(15(12)11-19)16(20)14-6-2-4-13(10-14)5-3-9-18/h2,4,6,10,12,15,18-19H,7-9,11H2,1H3. The Morgan fingerprint density at radius 3 is 2.95 bits per heavy atom. The van der Waals surface area contributed by atoms with Crippen LogP contribution >= 0.6 is 0 Å². The maximum atomic E-state index is 12.5. The minimum atomic E-state index is -0.200. The molecule has 1 aliphatic rings. The lowest BCUT2D eigenvalue weighted by Crippen LogP contribution is -2.39. The summed E-state index contributed by atoms with van der Waals surface area (Å²) in [5.41, 5.74) is 1.28. The smallest absolute Gasteiger partial charge is 0.254 e. The first kappa shape index (κ1) is 14.6. The third-order valence-electron chi connectivity index (χ3n) is 3.75. The van der Waals surface area contributed by atoms with Crippen molar-refractivity contribution < 1.29 is 15.0 Å². The van der Waals surface area contributed by atoms with Crippen molar-refractivity contribution in [3.63, 3.8) is 0 Å².